The van der Waals surface area contributed by atoms with Crippen LogP contribution < -0.4 is 5.32 Å². The smallest absolute Gasteiger partial charge is 0.306 e. The van der Waals surface area contributed by atoms with Crippen molar-refractivity contribution in [3.05, 3.63) is 72.9 Å². The Morgan fingerprint density at radius 2 is 0.809 bits per heavy atom. The molecule has 0 heterocycles. The second-order valence-corrected chi connectivity index (χ2v) is 19.8. The molecule has 3 unspecified atom stereocenters. The second-order valence-electron chi connectivity index (χ2n) is 19.8. The molecule has 6 heteroatoms. The number of aliphatic hydroxyl groups is 2. The monoisotopic (exact) mass is 950 g/mol. The fraction of sp³-hybridized carbons (Fsp3) is 0.774. The minimum atomic E-state index is -0.798. The van der Waals surface area contributed by atoms with E-state index < -0.39 is 18.2 Å². The number of esters is 1. The normalized spacial score (nSPS) is 13.7. The summed E-state index contributed by atoms with van der Waals surface area (Å²) in [5, 5.41) is 23.9. The molecule has 0 aromatic heterocycles. The highest BCUT2D eigenvalue weighted by Crippen LogP contribution is 2.18. The lowest BCUT2D eigenvalue weighted by atomic mass is 10.0. The van der Waals surface area contributed by atoms with Gasteiger partial charge in [0.05, 0.1) is 25.2 Å². The van der Waals surface area contributed by atoms with E-state index in [1.54, 1.807) is 0 Å². The van der Waals surface area contributed by atoms with Crippen molar-refractivity contribution in [2.75, 3.05) is 6.61 Å². The first kappa shape index (κ1) is 65.3. The molecule has 0 bridgehead atoms. The minimum Gasteiger partial charge on any atom is -0.462 e. The zero-order chi connectivity index (χ0) is 49.5. The van der Waals surface area contributed by atoms with E-state index >= 15 is 0 Å². The van der Waals surface area contributed by atoms with Crippen molar-refractivity contribution < 1.29 is 24.5 Å². The van der Waals surface area contributed by atoms with Crippen molar-refractivity contribution in [1.82, 2.24) is 5.32 Å². The van der Waals surface area contributed by atoms with Gasteiger partial charge in [0.2, 0.25) is 5.91 Å². The zero-order valence-corrected chi connectivity index (χ0v) is 45.0. The number of carbonyl (C=O) groups is 2. The molecule has 1 amide bonds. The first-order chi connectivity index (χ1) is 33.5. The Balaban J connectivity index is 4.64. The molecular weight excluding hydrogens is 839 g/mol. The molecule has 0 saturated heterocycles. The SMILES string of the molecule is CCCCC/C=C\C/C=C\CCCCCCCCCC(CC(=O)NC(CO)C(O)CCCCCCCCCCCCCCCC)OC(=O)CCCCCCC/C=C/C=C/C=C/C=C/CCCCC. The number of unbranched alkanes of at least 4 members (excludes halogenated alkanes) is 31. The van der Waals surface area contributed by atoms with E-state index in [1.165, 1.54) is 141 Å². The number of allylic oxidation sites excluding steroid dienone is 12. The van der Waals surface area contributed by atoms with Gasteiger partial charge < -0.3 is 20.3 Å². The third-order valence-corrected chi connectivity index (χ3v) is 13.1. The lowest BCUT2D eigenvalue weighted by Gasteiger charge is -2.24. The minimum absolute atomic E-state index is 0.0607. The Kier molecular flexibility index (Phi) is 53.0. The van der Waals surface area contributed by atoms with Crippen molar-refractivity contribution in [2.45, 2.75) is 302 Å². The predicted molar refractivity (Wildman–Crippen MR) is 296 cm³/mol. The van der Waals surface area contributed by atoms with Gasteiger partial charge in [-0.3, -0.25) is 9.59 Å². The van der Waals surface area contributed by atoms with Crippen LogP contribution in [0.1, 0.15) is 284 Å². The van der Waals surface area contributed by atoms with Gasteiger partial charge in [-0.1, -0.05) is 261 Å². The summed E-state index contributed by atoms with van der Waals surface area (Å²) in [6.07, 6.45) is 71.0. The van der Waals surface area contributed by atoms with Gasteiger partial charge in [0.25, 0.3) is 0 Å². The summed E-state index contributed by atoms with van der Waals surface area (Å²) in [5.41, 5.74) is 0. The van der Waals surface area contributed by atoms with Crippen LogP contribution in [0, 0.1) is 0 Å². The first-order valence-electron chi connectivity index (χ1n) is 29.2. The number of hydrogen-bond acceptors (Lipinski definition) is 5. The van der Waals surface area contributed by atoms with Gasteiger partial charge >= 0.3 is 5.97 Å². The maximum atomic E-state index is 13.3. The Labute approximate surface area is 421 Å². The molecule has 0 aliphatic carbocycles. The number of hydrogen-bond donors (Lipinski definition) is 3. The van der Waals surface area contributed by atoms with Crippen LogP contribution in [0.5, 0.6) is 0 Å². The molecule has 0 aromatic carbocycles. The Morgan fingerprint density at radius 1 is 0.441 bits per heavy atom. The summed E-state index contributed by atoms with van der Waals surface area (Å²) in [6.45, 7) is 6.44. The van der Waals surface area contributed by atoms with Crippen molar-refractivity contribution in [1.29, 1.82) is 0 Å². The van der Waals surface area contributed by atoms with Crippen LogP contribution in [0.2, 0.25) is 0 Å². The molecule has 0 rings (SSSR count). The molecule has 68 heavy (non-hydrogen) atoms. The van der Waals surface area contributed by atoms with Crippen LogP contribution >= 0.6 is 0 Å². The van der Waals surface area contributed by atoms with E-state index in [0.29, 0.717) is 19.3 Å². The summed E-state index contributed by atoms with van der Waals surface area (Å²) < 4.78 is 5.96. The molecule has 0 aromatic rings. The second kappa shape index (κ2) is 55.2. The summed E-state index contributed by atoms with van der Waals surface area (Å²) in [6, 6.07) is -0.713. The molecule has 3 N–H and O–H groups in total. The Morgan fingerprint density at radius 3 is 1.28 bits per heavy atom. The maximum Gasteiger partial charge on any atom is 0.306 e. The van der Waals surface area contributed by atoms with Crippen LogP contribution in [0.4, 0.5) is 0 Å². The fourth-order valence-corrected chi connectivity index (χ4v) is 8.65. The van der Waals surface area contributed by atoms with Crippen molar-refractivity contribution in [2.24, 2.45) is 0 Å². The summed E-state index contributed by atoms with van der Waals surface area (Å²) >= 11 is 0. The average Bonchev–Trinajstić information content (AvgIpc) is 3.33. The number of nitrogens with one attached hydrogen (secondary N) is 1. The number of carbonyl (C=O) groups excluding carboxylic acids is 2. The third-order valence-electron chi connectivity index (χ3n) is 13.1. The standard InChI is InChI=1S/C62H111NO5/c1-4-7-10-13-16-19-22-25-28-30-32-34-37-40-43-46-49-52-55-62(67)68-58(53-50-47-44-41-38-35-33-31-29-26-23-20-17-14-11-8-5-2)56-61(66)63-59(57-64)60(65)54-51-48-45-42-39-36-27-24-21-18-15-12-9-6-3/h16-17,19-20,22,25-26,28-30,32,34,58-60,64-65H,4-15,18,21,23-24,27,31,33,35-57H2,1-3H3,(H,63,66)/b19-16+,20-17-,25-22+,29-26-,30-28+,34-32+. The number of amides is 1. The van der Waals surface area contributed by atoms with E-state index in [-0.39, 0.29) is 24.9 Å². The predicted octanol–water partition coefficient (Wildman–Crippen LogP) is 18.1. The molecule has 0 radical (unpaired) electrons. The van der Waals surface area contributed by atoms with Gasteiger partial charge in [-0.2, -0.15) is 0 Å². The molecule has 0 aliphatic heterocycles. The summed E-state index contributed by atoms with van der Waals surface area (Å²) in [5.74, 6) is -0.502. The largest absolute Gasteiger partial charge is 0.462 e. The van der Waals surface area contributed by atoms with E-state index in [9.17, 15) is 19.8 Å². The van der Waals surface area contributed by atoms with Crippen LogP contribution in [0.15, 0.2) is 72.9 Å². The molecular formula is C62H111NO5. The van der Waals surface area contributed by atoms with Crippen LogP contribution in [0.25, 0.3) is 0 Å². The van der Waals surface area contributed by atoms with E-state index in [1.807, 2.05) is 0 Å². The highest BCUT2D eigenvalue weighted by Gasteiger charge is 2.24. The molecule has 0 aliphatic rings. The molecule has 0 saturated carbocycles. The number of aliphatic hydroxyl groups excluding tert-OH is 2. The van der Waals surface area contributed by atoms with E-state index in [4.69, 9.17) is 4.74 Å². The lowest BCUT2D eigenvalue weighted by Crippen LogP contribution is -2.46. The number of rotatable bonds is 52. The van der Waals surface area contributed by atoms with Crippen LogP contribution in [0.3, 0.4) is 0 Å². The Hall–Kier alpha value is -2.70. The van der Waals surface area contributed by atoms with Gasteiger partial charge in [0, 0.05) is 6.42 Å². The van der Waals surface area contributed by atoms with Crippen molar-refractivity contribution in [3.63, 3.8) is 0 Å². The zero-order valence-electron chi connectivity index (χ0n) is 45.0. The van der Waals surface area contributed by atoms with Gasteiger partial charge in [-0.25, -0.2) is 0 Å². The Bertz CT molecular complexity index is 1250. The molecule has 3 atom stereocenters. The van der Waals surface area contributed by atoms with Crippen molar-refractivity contribution >= 4 is 11.9 Å². The van der Waals surface area contributed by atoms with E-state index in [2.05, 4.69) is 99.0 Å². The third kappa shape index (κ3) is 49.7. The maximum absolute atomic E-state index is 13.3. The highest BCUT2D eigenvalue weighted by atomic mass is 16.5. The summed E-state index contributed by atoms with van der Waals surface area (Å²) in [7, 11) is 0. The van der Waals surface area contributed by atoms with Crippen LogP contribution in [-0.4, -0.2) is 46.9 Å². The average molecular weight is 951 g/mol. The topological polar surface area (TPSA) is 95.9 Å². The summed E-state index contributed by atoms with van der Waals surface area (Å²) in [4.78, 5) is 26.3. The van der Waals surface area contributed by atoms with Gasteiger partial charge in [0.1, 0.15) is 6.10 Å². The van der Waals surface area contributed by atoms with Crippen LogP contribution in [-0.2, 0) is 14.3 Å². The fourth-order valence-electron chi connectivity index (χ4n) is 8.65. The van der Waals surface area contributed by atoms with Crippen molar-refractivity contribution in [3.8, 4) is 0 Å². The molecule has 0 spiro atoms. The molecule has 6 nitrogen and oxygen atoms in total. The van der Waals surface area contributed by atoms with Gasteiger partial charge in [-0.05, 0) is 83.5 Å². The lowest BCUT2D eigenvalue weighted by molar-refractivity contribution is -0.151. The molecule has 394 valence electrons. The highest BCUT2D eigenvalue weighted by molar-refractivity contribution is 5.77. The quantitative estimate of drug-likeness (QED) is 0.0244. The van der Waals surface area contributed by atoms with Gasteiger partial charge in [0.15, 0.2) is 0 Å². The first-order valence-corrected chi connectivity index (χ1v) is 29.2. The van der Waals surface area contributed by atoms with E-state index in [0.717, 1.165) is 96.3 Å². The number of ether oxygens (including phenoxy) is 1. The molecule has 0 fully saturated rings. The van der Waals surface area contributed by atoms with Gasteiger partial charge in [-0.15, -0.1) is 0 Å².